The maximum atomic E-state index is 12.6. The van der Waals surface area contributed by atoms with Crippen molar-refractivity contribution in [1.29, 1.82) is 0 Å². The van der Waals surface area contributed by atoms with Gasteiger partial charge in [0, 0.05) is 18.2 Å². The number of amides is 1. The van der Waals surface area contributed by atoms with E-state index in [0.29, 0.717) is 17.9 Å². The summed E-state index contributed by atoms with van der Waals surface area (Å²) in [6, 6.07) is 6.18. The van der Waals surface area contributed by atoms with Crippen LogP contribution in [0, 0.1) is 20.2 Å². The van der Waals surface area contributed by atoms with E-state index in [-0.39, 0.29) is 13.1 Å². The Labute approximate surface area is 156 Å². The molecule has 0 saturated carbocycles. The molecule has 146 valence electrons. The van der Waals surface area contributed by atoms with Crippen LogP contribution in [0.15, 0.2) is 35.3 Å². The Balaban J connectivity index is 1.84. The van der Waals surface area contributed by atoms with Gasteiger partial charge in [0.2, 0.25) is 0 Å². The van der Waals surface area contributed by atoms with Crippen LogP contribution in [0.4, 0.5) is 5.69 Å². The van der Waals surface area contributed by atoms with Gasteiger partial charge in [0.05, 0.1) is 17.7 Å². The maximum Gasteiger partial charge on any atom is 0.294 e. The minimum absolute atomic E-state index is 0.00185. The molecule has 1 aromatic carbocycles. The minimum atomic E-state index is -1.02. The maximum absolute atomic E-state index is 12.6. The Hall–Kier alpha value is -3.96. The van der Waals surface area contributed by atoms with E-state index >= 15 is 0 Å². The summed E-state index contributed by atoms with van der Waals surface area (Å²) in [5.41, 5.74) is 0.0720. The van der Waals surface area contributed by atoms with Gasteiger partial charge in [0.1, 0.15) is 24.5 Å². The van der Waals surface area contributed by atoms with Crippen molar-refractivity contribution in [3.05, 3.63) is 77.7 Å². The van der Waals surface area contributed by atoms with Crippen molar-refractivity contribution in [3.8, 4) is 5.75 Å². The first-order chi connectivity index (χ1) is 13.3. The molecule has 1 amide bonds. The highest BCUT2D eigenvalue weighted by atomic mass is 16.9. The molecule has 0 atom stereocenters. The molecule has 3 rings (SSSR count). The summed E-state index contributed by atoms with van der Waals surface area (Å²) in [7, 11) is 0. The van der Waals surface area contributed by atoms with Crippen molar-refractivity contribution in [3.63, 3.8) is 0 Å². The van der Waals surface area contributed by atoms with Crippen LogP contribution in [0.2, 0.25) is 0 Å². The van der Waals surface area contributed by atoms with Gasteiger partial charge in [-0.3, -0.25) is 19.7 Å². The van der Waals surface area contributed by atoms with Crippen molar-refractivity contribution in [1.82, 2.24) is 9.88 Å². The van der Waals surface area contributed by atoms with Crippen molar-refractivity contribution >= 4 is 11.6 Å². The van der Waals surface area contributed by atoms with E-state index < -0.39 is 39.3 Å². The predicted octanol–water partition coefficient (Wildman–Crippen LogP) is 0.635. The van der Waals surface area contributed by atoms with Crippen molar-refractivity contribution in [2.24, 2.45) is 0 Å². The molecule has 0 bridgehead atoms. The summed E-state index contributed by atoms with van der Waals surface area (Å²) >= 11 is 0. The second-order valence-corrected chi connectivity index (χ2v) is 5.85. The lowest BCUT2D eigenvalue weighted by atomic mass is 10.1. The van der Waals surface area contributed by atoms with E-state index in [9.17, 15) is 29.8 Å². The SMILES string of the molecule is O=C(NCCO[N+](=O)[O-])c1cc([N+](=O)[O-])cn(Cc2ccc3c(c2)OC3)c1=O. The van der Waals surface area contributed by atoms with E-state index in [2.05, 4.69) is 10.2 Å². The summed E-state index contributed by atoms with van der Waals surface area (Å²) in [6.45, 7) is -0.153. The van der Waals surface area contributed by atoms with Gasteiger partial charge in [-0.1, -0.05) is 12.1 Å². The number of nitrogens with one attached hydrogen (secondary N) is 1. The first kappa shape index (κ1) is 18.8. The molecule has 12 heteroatoms. The lowest BCUT2D eigenvalue weighted by Crippen LogP contribution is -2.35. The fourth-order valence-corrected chi connectivity index (χ4v) is 2.60. The molecule has 0 radical (unpaired) electrons. The predicted molar refractivity (Wildman–Crippen MR) is 92.5 cm³/mol. The molecule has 28 heavy (non-hydrogen) atoms. The van der Waals surface area contributed by atoms with Gasteiger partial charge < -0.3 is 19.5 Å². The first-order valence-electron chi connectivity index (χ1n) is 8.04. The average molecular weight is 390 g/mol. The van der Waals surface area contributed by atoms with Crippen LogP contribution in [-0.2, 0) is 18.0 Å². The van der Waals surface area contributed by atoms with Gasteiger partial charge in [-0.25, -0.2) is 0 Å². The fraction of sp³-hybridized carbons (Fsp3) is 0.250. The highest BCUT2D eigenvalue weighted by molar-refractivity contribution is 5.94. The standard InChI is InChI=1S/C16H14N4O8/c21-15(17-3-4-28-20(25)26)13-6-12(19(23)24)8-18(16(13)22)7-10-1-2-11-9-27-14(11)5-10/h1-2,5-6,8H,3-4,7,9H2,(H,17,21). The molecule has 2 aromatic rings. The lowest BCUT2D eigenvalue weighted by molar-refractivity contribution is -0.757. The quantitative estimate of drug-likeness (QED) is 0.391. The number of fused-ring (bicyclic) bond motifs is 1. The molecule has 0 spiro atoms. The van der Waals surface area contributed by atoms with Crippen LogP contribution >= 0.6 is 0 Å². The molecule has 2 heterocycles. The van der Waals surface area contributed by atoms with Gasteiger partial charge in [-0.05, 0) is 11.6 Å². The lowest BCUT2D eigenvalue weighted by Gasteiger charge is -2.21. The summed E-state index contributed by atoms with van der Waals surface area (Å²) in [4.78, 5) is 49.4. The number of ether oxygens (including phenoxy) is 1. The first-order valence-corrected chi connectivity index (χ1v) is 8.04. The van der Waals surface area contributed by atoms with Gasteiger partial charge in [0.25, 0.3) is 22.2 Å². The van der Waals surface area contributed by atoms with Crippen molar-refractivity contribution < 1.29 is 24.4 Å². The number of nitro groups is 1. The van der Waals surface area contributed by atoms with Crippen LogP contribution in [-0.4, -0.2) is 33.6 Å². The second kappa shape index (κ2) is 7.73. The topological polar surface area (TPSA) is 156 Å². The second-order valence-electron chi connectivity index (χ2n) is 5.85. The zero-order valence-corrected chi connectivity index (χ0v) is 14.3. The van der Waals surface area contributed by atoms with Gasteiger partial charge >= 0.3 is 0 Å². The van der Waals surface area contributed by atoms with E-state index in [4.69, 9.17) is 4.74 Å². The van der Waals surface area contributed by atoms with Crippen LogP contribution in [0.3, 0.4) is 0 Å². The van der Waals surface area contributed by atoms with Crippen LogP contribution in [0.5, 0.6) is 5.75 Å². The molecule has 1 aromatic heterocycles. The normalized spacial score (nSPS) is 11.6. The molecule has 0 aliphatic carbocycles. The summed E-state index contributed by atoms with van der Waals surface area (Å²) in [5, 5.41) is 22.5. The third-order valence-corrected chi connectivity index (χ3v) is 3.98. The Bertz CT molecular complexity index is 1020. The average Bonchev–Trinajstić information content (AvgIpc) is 2.62. The van der Waals surface area contributed by atoms with E-state index in [0.717, 1.165) is 22.4 Å². The van der Waals surface area contributed by atoms with Gasteiger partial charge in [-0.2, -0.15) is 0 Å². The van der Waals surface area contributed by atoms with Gasteiger partial charge in [0.15, 0.2) is 0 Å². The molecule has 0 fully saturated rings. The molecule has 1 aliphatic heterocycles. The molecule has 12 nitrogen and oxygen atoms in total. The zero-order chi connectivity index (χ0) is 20.3. The number of pyridine rings is 1. The number of carbonyl (C=O) groups is 1. The molecule has 1 N–H and O–H groups in total. The Morgan fingerprint density at radius 1 is 1.29 bits per heavy atom. The number of nitrogens with zero attached hydrogens (tertiary/aromatic N) is 3. The third kappa shape index (κ3) is 4.06. The number of hydrogen-bond acceptors (Lipinski definition) is 8. The summed E-state index contributed by atoms with van der Waals surface area (Å²) in [6.07, 6.45) is 1.05. The number of benzene rings is 1. The highest BCUT2D eigenvalue weighted by Gasteiger charge is 2.20. The summed E-state index contributed by atoms with van der Waals surface area (Å²) < 4.78 is 6.32. The smallest absolute Gasteiger partial charge is 0.294 e. The number of rotatable bonds is 8. The van der Waals surface area contributed by atoms with E-state index in [1.807, 2.05) is 6.07 Å². The number of hydrogen-bond donors (Lipinski definition) is 1. The van der Waals surface area contributed by atoms with E-state index in [1.165, 1.54) is 0 Å². The highest BCUT2D eigenvalue weighted by Crippen LogP contribution is 2.29. The van der Waals surface area contributed by atoms with Crippen LogP contribution < -0.4 is 15.6 Å². The molecular weight excluding hydrogens is 376 g/mol. The van der Waals surface area contributed by atoms with Gasteiger partial charge in [-0.15, -0.1) is 10.1 Å². The molecule has 0 saturated heterocycles. The van der Waals surface area contributed by atoms with Crippen LogP contribution in [0.25, 0.3) is 0 Å². The number of aromatic nitrogens is 1. The Kier molecular flexibility index (Phi) is 5.20. The van der Waals surface area contributed by atoms with Crippen molar-refractivity contribution in [2.45, 2.75) is 13.2 Å². The Morgan fingerprint density at radius 2 is 2.07 bits per heavy atom. The largest absolute Gasteiger partial charge is 0.488 e. The fourth-order valence-electron chi connectivity index (χ4n) is 2.60. The van der Waals surface area contributed by atoms with E-state index in [1.54, 1.807) is 12.1 Å². The van der Waals surface area contributed by atoms with Crippen molar-refractivity contribution in [2.75, 3.05) is 13.2 Å². The molecular formula is C16H14N4O8. The van der Waals surface area contributed by atoms with Crippen LogP contribution in [0.1, 0.15) is 21.5 Å². The molecule has 0 unspecified atom stereocenters. The Morgan fingerprint density at radius 3 is 2.68 bits per heavy atom. The zero-order valence-electron chi connectivity index (χ0n) is 14.3. The third-order valence-electron chi connectivity index (χ3n) is 3.98. The minimum Gasteiger partial charge on any atom is -0.488 e. The molecule has 1 aliphatic rings. The number of carbonyl (C=O) groups excluding carboxylic acids is 1. The monoisotopic (exact) mass is 390 g/mol. The summed E-state index contributed by atoms with van der Waals surface area (Å²) in [5.74, 6) is -0.213.